The lowest BCUT2D eigenvalue weighted by Gasteiger charge is -2.26. The standard InChI is InChI=1S/C12H12F3N5O2/c13-12(14,15)11-19-9(20-22-11)6-3-8(16)10(17-4-6)18-5-7-1-2-21-7/h3-4,7H,1-2,5,16H2,(H,17,18)/t7-/m0/s1. The predicted octanol–water partition coefficient (Wildman–Crippen LogP) is 1.93. The molecule has 22 heavy (non-hydrogen) atoms. The molecule has 3 heterocycles. The molecule has 2 aromatic heterocycles. The number of hydrogen-bond donors (Lipinski definition) is 2. The highest BCUT2D eigenvalue weighted by atomic mass is 19.4. The SMILES string of the molecule is Nc1cc(-c2noc(C(F)(F)F)n2)cnc1NC[C@@H]1CCO1. The number of halogens is 3. The van der Waals surface area contributed by atoms with E-state index in [1.54, 1.807) is 0 Å². The quantitative estimate of drug-likeness (QED) is 0.889. The summed E-state index contributed by atoms with van der Waals surface area (Å²) in [6.07, 6.45) is -2.26. The van der Waals surface area contributed by atoms with E-state index in [0.29, 0.717) is 12.4 Å². The van der Waals surface area contributed by atoms with Crippen LogP contribution < -0.4 is 11.1 Å². The maximum atomic E-state index is 12.4. The first-order valence-electron chi connectivity index (χ1n) is 6.46. The van der Waals surface area contributed by atoms with E-state index in [0.717, 1.165) is 13.0 Å². The second kappa shape index (κ2) is 5.44. The molecule has 1 aliphatic rings. The molecule has 1 aliphatic heterocycles. The predicted molar refractivity (Wildman–Crippen MR) is 69.8 cm³/mol. The van der Waals surface area contributed by atoms with Gasteiger partial charge in [0.05, 0.1) is 11.8 Å². The molecule has 0 amide bonds. The summed E-state index contributed by atoms with van der Waals surface area (Å²) in [5.74, 6) is -1.20. The Labute approximate surface area is 122 Å². The molecule has 7 nitrogen and oxygen atoms in total. The summed E-state index contributed by atoms with van der Waals surface area (Å²) in [6, 6.07) is 1.43. The van der Waals surface area contributed by atoms with Crippen LogP contribution in [-0.2, 0) is 10.9 Å². The molecule has 3 rings (SSSR count). The lowest BCUT2D eigenvalue weighted by molar-refractivity contribution is -0.159. The van der Waals surface area contributed by atoms with Gasteiger partial charge < -0.3 is 20.3 Å². The Morgan fingerprint density at radius 3 is 2.73 bits per heavy atom. The van der Waals surface area contributed by atoms with Gasteiger partial charge in [0.25, 0.3) is 0 Å². The van der Waals surface area contributed by atoms with Crippen molar-refractivity contribution in [2.45, 2.75) is 18.7 Å². The first-order chi connectivity index (χ1) is 10.4. The second-order valence-corrected chi connectivity index (χ2v) is 4.75. The van der Waals surface area contributed by atoms with Crippen LogP contribution in [0, 0.1) is 0 Å². The van der Waals surface area contributed by atoms with E-state index in [-0.39, 0.29) is 23.2 Å². The third-order valence-electron chi connectivity index (χ3n) is 3.13. The van der Waals surface area contributed by atoms with Crippen LogP contribution in [0.3, 0.4) is 0 Å². The monoisotopic (exact) mass is 315 g/mol. The molecule has 1 saturated heterocycles. The summed E-state index contributed by atoms with van der Waals surface area (Å²) in [4.78, 5) is 7.34. The molecule has 118 valence electrons. The Bertz CT molecular complexity index is 669. The van der Waals surface area contributed by atoms with Crippen molar-refractivity contribution in [3.05, 3.63) is 18.2 Å². The van der Waals surface area contributed by atoms with E-state index in [9.17, 15) is 13.2 Å². The highest BCUT2D eigenvalue weighted by molar-refractivity contribution is 5.69. The van der Waals surface area contributed by atoms with Crippen LogP contribution in [0.4, 0.5) is 24.7 Å². The third-order valence-corrected chi connectivity index (χ3v) is 3.13. The average Bonchev–Trinajstić information content (AvgIpc) is 2.88. The normalized spacial score (nSPS) is 18.0. The van der Waals surface area contributed by atoms with Crippen molar-refractivity contribution >= 4 is 11.5 Å². The molecule has 1 atom stereocenters. The number of aromatic nitrogens is 3. The fourth-order valence-electron chi connectivity index (χ4n) is 1.86. The van der Waals surface area contributed by atoms with Gasteiger partial charge >= 0.3 is 12.1 Å². The molecule has 10 heteroatoms. The number of pyridine rings is 1. The van der Waals surface area contributed by atoms with E-state index in [2.05, 4.69) is 25.0 Å². The van der Waals surface area contributed by atoms with Gasteiger partial charge in [-0.05, 0) is 12.5 Å². The van der Waals surface area contributed by atoms with Crippen LogP contribution in [0.1, 0.15) is 12.3 Å². The molecule has 0 radical (unpaired) electrons. The molecule has 0 aromatic carbocycles. The molecule has 1 fully saturated rings. The van der Waals surface area contributed by atoms with Gasteiger partial charge in [0, 0.05) is 24.9 Å². The lowest BCUT2D eigenvalue weighted by atomic mass is 10.2. The summed E-state index contributed by atoms with van der Waals surface area (Å²) >= 11 is 0. The summed E-state index contributed by atoms with van der Waals surface area (Å²) in [5.41, 5.74) is 6.33. The highest BCUT2D eigenvalue weighted by Crippen LogP contribution is 2.30. The van der Waals surface area contributed by atoms with E-state index < -0.39 is 12.1 Å². The van der Waals surface area contributed by atoms with Crippen molar-refractivity contribution in [2.75, 3.05) is 24.2 Å². The van der Waals surface area contributed by atoms with Gasteiger partial charge in [0.2, 0.25) is 5.82 Å². The van der Waals surface area contributed by atoms with E-state index in [4.69, 9.17) is 10.5 Å². The lowest BCUT2D eigenvalue weighted by Crippen LogP contribution is -2.33. The van der Waals surface area contributed by atoms with Gasteiger partial charge in [-0.2, -0.15) is 18.2 Å². The number of hydrogen-bond acceptors (Lipinski definition) is 7. The number of ether oxygens (including phenoxy) is 1. The Balaban J connectivity index is 1.74. The zero-order valence-corrected chi connectivity index (χ0v) is 11.2. The van der Waals surface area contributed by atoms with Gasteiger partial charge in [-0.1, -0.05) is 5.16 Å². The first-order valence-corrected chi connectivity index (χ1v) is 6.46. The van der Waals surface area contributed by atoms with Crippen molar-refractivity contribution < 1.29 is 22.4 Å². The molecule has 0 unspecified atom stereocenters. The Kier molecular flexibility index (Phi) is 3.61. The van der Waals surface area contributed by atoms with Crippen molar-refractivity contribution in [3.8, 4) is 11.4 Å². The maximum Gasteiger partial charge on any atom is 0.471 e. The van der Waals surface area contributed by atoms with Gasteiger partial charge in [-0.25, -0.2) is 4.98 Å². The largest absolute Gasteiger partial charge is 0.471 e. The van der Waals surface area contributed by atoms with Crippen molar-refractivity contribution in [2.24, 2.45) is 0 Å². The highest BCUT2D eigenvalue weighted by Gasteiger charge is 2.38. The topological polar surface area (TPSA) is 99.1 Å². The van der Waals surface area contributed by atoms with Crippen LogP contribution in [-0.4, -0.2) is 34.4 Å². The van der Waals surface area contributed by atoms with Crippen molar-refractivity contribution in [1.82, 2.24) is 15.1 Å². The van der Waals surface area contributed by atoms with E-state index >= 15 is 0 Å². The summed E-state index contributed by atoms with van der Waals surface area (Å²) in [5, 5.41) is 6.30. The zero-order valence-electron chi connectivity index (χ0n) is 11.2. The number of nitrogen functional groups attached to an aromatic ring is 1. The minimum atomic E-state index is -4.69. The van der Waals surface area contributed by atoms with Crippen LogP contribution >= 0.6 is 0 Å². The molecule has 0 spiro atoms. The first kappa shape index (κ1) is 14.6. The molecular weight excluding hydrogens is 303 g/mol. The third kappa shape index (κ3) is 2.96. The summed E-state index contributed by atoms with van der Waals surface area (Å²) in [7, 11) is 0. The zero-order chi connectivity index (χ0) is 15.7. The number of rotatable bonds is 4. The van der Waals surface area contributed by atoms with Gasteiger partial charge in [-0.3, -0.25) is 0 Å². The molecule has 0 aliphatic carbocycles. The second-order valence-electron chi connectivity index (χ2n) is 4.75. The number of anilines is 2. The smallest absolute Gasteiger partial charge is 0.396 e. The van der Waals surface area contributed by atoms with Crippen LogP contribution in [0.25, 0.3) is 11.4 Å². The maximum absolute atomic E-state index is 12.4. The Morgan fingerprint density at radius 1 is 1.41 bits per heavy atom. The molecule has 3 N–H and O–H groups in total. The fourth-order valence-corrected chi connectivity index (χ4v) is 1.86. The average molecular weight is 315 g/mol. The van der Waals surface area contributed by atoms with Gasteiger partial charge in [-0.15, -0.1) is 0 Å². The molecule has 0 bridgehead atoms. The van der Waals surface area contributed by atoms with Crippen LogP contribution in [0.2, 0.25) is 0 Å². The van der Waals surface area contributed by atoms with E-state index in [1.165, 1.54) is 12.3 Å². The van der Waals surface area contributed by atoms with Crippen LogP contribution in [0.15, 0.2) is 16.8 Å². The molecular formula is C12H12F3N5O2. The van der Waals surface area contributed by atoms with E-state index in [1.807, 2.05) is 0 Å². The number of nitrogens with two attached hydrogens (primary N) is 1. The van der Waals surface area contributed by atoms with Gasteiger partial charge in [0.15, 0.2) is 0 Å². The molecule has 0 saturated carbocycles. The van der Waals surface area contributed by atoms with Crippen molar-refractivity contribution in [3.63, 3.8) is 0 Å². The minimum Gasteiger partial charge on any atom is -0.396 e. The summed E-state index contributed by atoms with van der Waals surface area (Å²) in [6.45, 7) is 1.31. The molecule has 2 aromatic rings. The fraction of sp³-hybridized carbons (Fsp3) is 0.417. The Morgan fingerprint density at radius 2 is 2.18 bits per heavy atom. The van der Waals surface area contributed by atoms with Crippen LogP contribution in [0.5, 0.6) is 0 Å². The Hall–Kier alpha value is -2.36. The van der Waals surface area contributed by atoms with Crippen molar-refractivity contribution in [1.29, 1.82) is 0 Å². The van der Waals surface area contributed by atoms with Gasteiger partial charge in [0.1, 0.15) is 5.82 Å². The summed E-state index contributed by atoms with van der Waals surface area (Å²) < 4.78 is 46.7. The number of alkyl halides is 3. The minimum absolute atomic E-state index is 0.132. The number of nitrogens with one attached hydrogen (secondary N) is 1. The number of nitrogens with zero attached hydrogens (tertiary/aromatic N) is 3.